The molecular weight excluding hydrogens is 352 g/mol. The minimum absolute atomic E-state index is 0.108. The van der Waals surface area contributed by atoms with Crippen molar-refractivity contribution in [1.82, 2.24) is 10.2 Å². The van der Waals surface area contributed by atoms with Gasteiger partial charge in [0.15, 0.2) is 0 Å². The first kappa shape index (κ1) is 19.0. The summed E-state index contributed by atoms with van der Waals surface area (Å²) in [5.74, 6) is -1.54. The van der Waals surface area contributed by atoms with Gasteiger partial charge in [-0.25, -0.2) is 14.4 Å². The summed E-state index contributed by atoms with van der Waals surface area (Å²) in [4.78, 5) is 37.2. The molecule has 1 aromatic rings. The number of aliphatic carboxylic acids is 1. The van der Waals surface area contributed by atoms with Gasteiger partial charge in [-0.3, -0.25) is 4.90 Å². The molecule has 146 valence electrons. The van der Waals surface area contributed by atoms with Crippen LogP contribution < -0.4 is 5.32 Å². The fourth-order valence-corrected chi connectivity index (χ4v) is 3.53. The largest absolute Gasteiger partial charge is 0.480 e. The highest BCUT2D eigenvalue weighted by Crippen LogP contribution is 2.50. The Morgan fingerprint density at radius 2 is 1.89 bits per heavy atom. The fourth-order valence-electron chi connectivity index (χ4n) is 3.53. The Balaban J connectivity index is 1.54. The topological polar surface area (TPSA) is 105 Å². The number of nitrogens with one attached hydrogen (secondary N) is 1. The Labute approximate surface area is 157 Å². The molecule has 2 aliphatic rings. The minimum Gasteiger partial charge on any atom is -0.480 e. The number of alkyl carbamates (subject to hydrolysis) is 1. The van der Waals surface area contributed by atoms with Crippen LogP contribution in [-0.2, 0) is 20.9 Å². The molecule has 3 rings (SSSR count). The van der Waals surface area contributed by atoms with Gasteiger partial charge in [-0.2, -0.15) is 0 Å². The first-order chi connectivity index (χ1) is 12.7. The van der Waals surface area contributed by atoms with Crippen LogP contribution in [0.1, 0.15) is 26.3 Å². The van der Waals surface area contributed by atoms with E-state index in [1.807, 2.05) is 30.3 Å². The number of carboxylic acid groups (broad SMARTS) is 1. The average molecular weight is 376 g/mol. The molecule has 1 aliphatic carbocycles. The van der Waals surface area contributed by atoms with Gasteiger partial charge in [-0.1, -0.05) is 30.3 Å². The van der Waals surface area contributed by atoms with Crippen LogP contribution >= 0.6 is 0 Å². The molecule has 0 aromatic heterocycles. The third kappa shape index (κ3) is 4.32. The number of piperidine rings is 1. The van der Waals surface area contributed by atoms with Crippen LogP contribution in [0, 0.1) is 11.8 Å². The van der Waals surface area contributed by atoms with Crippen LogP contribution in [0.15, 0.2) is 30.3 Å². The van der Waals surface area contributed by atoms with Gasteiger partial charge in [0.1, 0.15) is 18.2 Å². The molecule has 8 heteroatoms. The number of likely N-dealkylation sites (tertiary alicyclic amines) is 1. The monoisotopic (exact) mass is 376 g/mol. The van der Waals surface area contributed by atoms with E-state index >= 15 is 0 Å². The summed E-state index contributed by atoms with van der Waals surface area (Å²) in [6.45, 7) is 5.56. The molecule has 1 aliphatic heterocycles. The van der Waals surface area contributed by atoms with Gasteiger partial charge in [-0.05, 0) is 26.3 Å². The van der Waals surface area contributed by atoms with E-state index in [-0.39, 0.29) is 31.0 Å². The standard InChI is InChI=1S/C19H24N2O6/c1-19(2,3)27-18(25)21-9-12-13(15(21)16(22)23)14(12)20-17(24)26-10-11-7-5-4-6-8-11/h4-8,12-15H,9-10H2,1-3H3,(H,20,24)(H,22,23)/t12-,13+,14+,15-/m0/s1. The molecule has 2 fully saturated rings. The Morgan fingerprint density at radius 1 is 1.22 bits per heavy atom. The molecule has 2 amide bonds. The number of carbonyl (C=O) groups excluding carboxylic acids is 2. The van der Waals surface area contributed by atoms with Crippen LogP contribution in [0.25, 0.3) is 0 Å². The van der Waals surface area contributed by atoms with E-state index < -0.39 is 29.8 Å². The molecule has 1 saturated carbocycles. The molecule has 1 saturated heterocycles. The second-order valence-electron chi connectivity index (χ2n) is 7.89. The lowest BCUT2D eigenvalue weighted by Gasteiger charge is -2.29. The number of hydrogen-bond donors (Lipinski definition) is 2. The number of amides is 2. The van der Waals surface area contributed by atoms with Crippen molar-refractivity contribution in [2.75, 3.05) is 6.54 Å². The number of carboxylic acids is 1. The van der Waals surface area contributed by atoms with Crippen molar-refractivity contribution in [3.05, 3.63) is 35.9 Å². The zero-order chi connectivity index (χ0) is 19.8. The zero-order valence-electron chi connectivity index (χ0n) is 15.5. The maximum absolute atomic E-state index is 12.3. The molecule has 0 spiro atoms. The number of hydrogen-bond acceptors (Lipinski definition) is 5. The number of carbonyl (C=O) groups is 3. The lowest BCUT2D eigenvalue weighted by Crippen LogP contribution is -2.48. The summed E-state index contributed by atoms with van der Waals surface area (Å²) in [5.41, 5.74) is 0.161. The molecule has 2 N–H and O–H groups in total. The first-order valence-corrected chi connectivity index (χ1v) is 8.87. The fraction of sp³-hybridized carbons (Fsp3) is 0.526. The predicted molar refractivity (Wildman–Crippen MR) is 94.9 cm³/mol. The average Bonchev–Trinajstić information content (AvgIpc) is 3.05. The van der Waals surface area contributed by atoms with Gasteiger partial charge in [0.25, 0.3) is 0 Å². The summed E-state index contributed by atoms with van der Waals surface area (Å²) in [6.07, 6.45) is -1.24. The number of ether oxygens (including phenoxy) is 2. The van der Waals surface area contributed by atoms with E-state index in [1.165, 1.54) is 4.90 Å². The third-order valence-corrected chi connectivity index (χ3v) is 4.72. The molecule has 0 bridgehead atoms. The van der Waals surface area contributed by atoms with Gasteiger partial charge < -0.3 is 19.9 Å². The van der Waals surface area contributed by atoms with Gasteiger partial charge in [0, 0.05) is 24.4 Å². The SMILES string of the molecule is CC(C)(C)OC(=O)N1C[C@@H]2[C@@H](NC(=O)OCc3ccccc3)[C@@H]2[C@H]1C(=O)O. The van der Waals surface area contributed by atoms with E-state index in [0.29, 0.717) is 0 Å². The molecule has 27 heavy (non-hydrogen) atoms. The molecule has 1 heterocycles. The van der Waals surface area contributed by atoms with E-state index in [0.717, 1.165) is 5.56 Å². The van der Waals surface area contributed by atoms with Gasteiger partial charge in [0.2, 0.25) is 0 Å². The lowest BCUT2D eigenvalue weighted by molar-refractivity contribution is -0.143. The molecule has 4 atom stereocenters. The Hall–Kier alpha value is -2.77. The molecule has 0 radical (unpaired) electrons. The van der Waals surface area contributed by atoms with Gasteiger partial charge >= 0.3 is 18.2 Å². The highest BCUT2D eigenvalue weighted by Gasteiger charge is 2.66. The van der Waals surface area contributed by atoms with E-state index in [1.54, 1.807) is 20.8 Å². The quantitative estimate of drug-likeness (QED) is 0.835. The van der Waals surface area contributed by atoms with Crippen LogP contribution in [-0.4, -0.2) is 52.4 Å². The second-order valence-corrected chi connectivity index (χ2v) is 7.89. The van der Waals surface area contributed by atoms with Crippen LogP contribution in [0.4, 0.5) is 9.59 Å². The molecule has 1 aromatic carbocycles. The number of rotatable bonds is 4. The number of fused-ring (bicyclic) bond motifs is 1. The molecular formula is C19H24N2O6. The van der Waals surface area contributed by atoms with Crippen molar-refractivity contribution in [2.45, 2.75) is 45.1 Å². The lowest BCUT2D eigenvalue weighted by atomic mass is 10.2. The second kappa shape index (κ2) is 7.09. The summed E-state index contributed by atoms with van der Waals surface area (Å²) >= 11 is 0. The zero-order valence-corrected chi connectivity index (χ0v) is 15.5. The summed E-state index contributed by atoms with van der Waals surface area (Å²) in [5, 5.41) is 12.3. The van der Waals surface area contributed by atoms with Gasteiger partial charge in [0.05, 0.1) is 0 Å². The maximum atomic E-state index is 12.3. The molecule has 0 unspecified atom stereocenters. The predicted octanol–water partition coefficient (Wildman–Crippen LogP) is 2.23. The van der Waals surface area contributed by atoms with Crippen molar-refractivity contribution >= 4 is 18.2 Å². The Kier molecular flexibility index (Phi) is 4.99. The van der Waals surface area contributed by atoms with E-state index in [4.69, 9.17) is 9.47 Å². The third-order valence-electron chi connectivity index (χ3n) is 4.72. The minimum atomic E-state index is -1.10. The van der Waals surface area contributed by atoms with Crippen molar-refractivity contribution < 1.29 is 29.0 Å². The number of nitrogens with zero attached hydrogens (tertiary/aromatic N) is 1. The van der Waals surface area contributed by atoms with Crippen molar-refractivity contribution in [2.24, 2.45) is 11.8 Å². The first-order valence-electron chi connectivity index (χ1n) is 8.87. The summed E-state index contributed by atoms with van der Waals surface area (Å²) in [7, 11) is 0. The molecule has 8 nitrogen and oxygen atoms in total. The highest BCUT2D eigenvalue weighted by molar-refractivity contribution is 5.83. The smallest absolute Gasteiger partial charge is 0.411 e. The normalized spacial score (nSPS) is 26.1. The van der Waals surface area contributed by atoms with E-state index in [2.05, 4.69) is 5.32 Å². The van der Waals surface area contributed by atoms with E-state index in [9.17, 15) is 19.5 Å². The van der Waals surface area contributed by atoms with Crippen LogP contribution in [0.5, 0.6) is 0 Å². The van der Waals surface area contributed by atoms with Crippen molar-refractivity contribution in [3.63, 3.8) is 0 Å². The van der Waals surface area contributed by atoms with Crippen molar-refractivity contribution in [3.8, 4) is 0 Å². The van der Waals surface area contributed by atoms with Crippen LogP contribution in [0.2, 0.25) is 0 Å². The maximum Gasteiger partial charge on any atom is 0.411 e. The Bertz CT molecular complexity index is 729. The Morgan fingerprint density at radius 3 is 2.48 bits per heavy atom. The summed E-state index contributed by atoms with van der Waals surface area (Å²) < 4.78 is 10.5. The van der Waals surface area contributed by atoms with Crippen LogP contribution in [0.3, 0.4) is 0 Å². The van der Waals surface area contributed by atoms with Gasteiger partial charge in [-0.15, -0.1) is 0 Å². The van der Waals surface area contributed by atoms with Crippen molar-refractivity contribution in [1.29, 1.82) is 0 Å². The highest BCUT2D eigenvalue weighted by atomic mass is 16.6. The summed E-state index contributed by atoms with van der Waals surface area (Å²) in [6, 6.07) is 7.95. The number of benzene rings is 1.